The van der Waals surface area contributed by atoms with Crippen molar-refractivity contribution in [3.05, 3.63) is 18.2 Å². The van der Waals surface area contributed by atoms with Gasteiger partial charge in [0, 0.05) is 17.4 Å². The second-order valence-electron chi connectivity index (χ2n) is 5.61. The Kier molecular flexibility index (Phi) is 4.57. The molecular formula is C14H26N2. The molecule has 0 saturated carbocycles. The first-order valence-corrected chi connectivity index (χ1v) is 6.51. The lowest BCUT2D eigenvalue weighted by Gasteiger charge is -2.29. The first kappa shape index (κ1) is 13.3. The summed E-state index contributed by atoms with van der Waals surface area (Å²) in [5.41, 5.74) is 1.55. The summed E-state index contributed by atoms with van der Waals surface area (Å²) in [5.74, 6) is 0.549. The molecule has 16 heavy (non-hydrogen) atoms. The molecule has 0 unspecified atom stereocenters. The molecule has 1 rings (SSSR count). The summed E-state index contributed by atoms with van der Waals surface area (Å²) >= 11 is 0. The van der Waals surface area contributed by atoms with Crippen LogP contribution in [0.1, 0.15) is 71.9 Å². The smallest absolute Gasteiger partial charge is 0.0953 e. The van der Waals surface area contributed by atoms with Gasteiger partial charge in [0.15, 0.2) is 0 Å². The van der Waals surface area contributed by atoms with E-state index in [9.17, 15) is 0 Å². The molecule has 2 heteroatoms. The zero-order chi connectivity index (χ0) is 12.2. The summed E-state index contributed by atoms with van der Waals surface area (Å²) in [5, 5.41) is 0. The van der Waals surface area contributed by atoms with E-state index in [0.29, 0.717) is 5.92 Å². The lowest BCUT2D eigenvalue weighted by Crippen LogP contribution is -2.27. The van der Waals surface area contributed by atoms with Gasteiger partial charge in [0.25, 0.3) is 0 Å². The third kappa shape index (κ3) is 3.10. The van der Waals surface area contributed by atoms with Crippen LogP contribution in [0.15, 0.2) is 12.5 Å². The normalized spacial score (nSPS) is 12.4. The first-order valence-electron chi connectivity index (χ1n) is 6.51. The predicted molar refractivity (Wildman–Crippen MR) is 69.8 cm³/mol. The van der Waals surface area contributed by atoms with Crippen LogP contribution in [-0.2, 0) is 5.54 Å². The van der Waals surface area contributed by atoms with Crippen molar-refractivity contribution in [2.45, 2.75) is 71.8 Å². The molecule has 0 aliphatic rings. The summed E-state index contributed by atoms with van der Waals surface area (Å²) in [6.45, 7) is 11.3. The van der Waals surface area contributed by atoms with Crippen molar-refractivity contribution in [3.63, 3.8) is 0 Å². The second-order valence-corrected chi connectivity index (χ2v) is 5.61. The van der Waals surface area contributed by atoms with Crippen LogP contribution in [0.25, 0.3) is 0 Å². The largest absolute Gasteiger partial charge is 0.329 e. The zero-order valence-electron chi connectivity index (χ0n) is 11.5. The standard InChI is InChI=1S/C14H26N2/c1-6-7-8-9-14(4,5)16-11-15-10-13(16)12(2)3/h10-12H,6-9H2,1-5H3. The second kappa shape index (κ2) is 5.51. The molecule has 92 valence electrons. The number of aromatic nitrogens is 2. The summed E-state index contributed by atoms with van der Waals surface area (Å²) in [4.78, 5) is 4.30. The van der Waals surface area contributed by atoms with Crippen molar-refractivity contribution in [2.24, 2.45) is 0 Å². The summed E-state index contributed by atoms with van der Waals surface area (Å²) in [6.07, 6.45) is 9.15. The van der Waals surface area contributed by atoms with Crippen molar-refractivity contribution in [1.29, 1.82) is 0 Å². The Morgan fingerprint density at radius 3 is 2.56 bits per heavy atom. The minimum atomic E-state index is 0.200. The van der Waals surface area contributed by atoms with Gasteiger partial charge < -0.3 is 4.57 Å². The van der Waals surface area contributed by atoms with E-state index in [1.54, 1.807) is 0 Å². The van der Waals surface area contributed by atoms with Gasteiger partial charge in [0.05, 0.1) is 6.33 Å². The maximum Gasteiger partial charge on any atom is 0.0953 e. The highest BCUT2D eigenvalue weighted by Gasteiger charge is 2.22. The summed E-state index contributed by atoms with van der Waals surface area (Å²) in [7, 11) is 0. The molecule has 1 heterocycles. The summed E-state index contributed by atoms with van der Waals surface area (Å²) < 4.78 is 2.35. The maximum absolute atomic E-state index is 4.30. The van der Waals surface area contributed by atoms with Gasteiger partial charge in [-0.3, -0.25) is 0 Å². The molecule has 0 amide bonds. The minimum Gasteiger partial charge on any atom is -0.329 e. The fourth-order valence-corrected chi connectivity index (χ4v) is 2.17. The van der Waals surface area contributed by atoms with Crippen LogP contribution in [0.4, 0.5) is 0 Å². The molecule has 0 N–H and O–H groups in total. The van der Waals surface area contributed by atoms with Crippen LogP contribution in [0.2, 0.25) is 0 Å². The molecule has 1 aromatic heterocycles. The van der Waals surface area contributed by atoms with Gasteiger partial charge in [-0.1, -0.05) is 40.0 Å². The van der Waals surface area contributed by atoms with Gasteiger partial charge >= 0.3 is 0 Å². The molecule has 0 aromatic carbocycles. The highest BCUT2D eigenvalue weighted by molar-refractivity contribution is 5.07. The van der Waals surface area contributed by atoms with E-state index in [2.05, 4.69) is 44.2 Å². The van der Waals surface area contributed by atoms with Gasteiger partial charge in [0.1, 0.15) is 0 Å². The van der Waals surface area contributed by atoms with Gasteiger partial charge in [0.2, 0.25) is 0 Å². The maximum atomic E-state index is 4.30. The molecule has 0 aliphatic carbocycles. The van der Waals surface area contributed by atoms with E-state index in [-0.39, 0.29) is 5.54 Å². The van der Waals surface area contributed by atoms with Crippen LogP contribution in [0.5, 0.6) is 0 Å². The molecule has 2 nitrogen and oxygen atoms in total. The van der Waals surface area contributed by atoms with Crippen LogP contribution < -0.4 is 0 Å². The Morgan fingerprint density at radius 1 is 1.31 bits per heavy atom. The van der Waals surface area contributed by atoms with E-state index in [4.69, 9.17) is 0 Å². The van der Waals surface area contributed by atoms with Crippen molar-refractivity contribution in [3.8, 4) is 0 Å². The molecular weight excluding hydrogens is 196 g/mol. The monoisotopic (exact) mass is 222 g/mol. The summed E-state index contributed by atoms with van der Waals surface area (Å²) in [6, 6.07) is 0. The molecule has 0 bridgehead atoms. The van der Waals surface area contributed by atoms with Crippen molar-refractivity contribution >= 4 is 0 Å². The number of hydrogen-bond acceptors (Lipinski definition) is 1. The van der Waals surface area contributed by atoms with Gasteiger partial charge in [-0.2, -0.15) is 0 Å². The highest BCUT2D eigenvalue weighted by atomic mass is 15.1. The first-order chi connectivity index (χ1) is 7.49. The third-order valence-electron chi connectivity index (χ3n) is 3.30. The molecule has 0 spiro atoms. The van der Waals surface area contributed by atoms with Gasteiger partial charge in [-0.15, -0.1) is 0 Å². The van der Waals surface area contributed by atoms with E-state index < -0.39 is 0 Å². The molecule has 1 aromatic rings. The van der Waals surface area contributed by atoms with Crippen LogP contribution in [0, 0.1) is 0 Å². The topological polar surface area (TPSA) is 17.8 Å². The van der Waals surface area contributed by atoms with E-state index in [0.717, 1.165) is 0 Å². The Morgan fingerprint density at radius 2 is 2.00 bits per heavy atom. The molecule has 0 aliphatic heterocycles. The van der Waals surface area contributed by atoms with Gasteiger partial charge in [-0.25, -0.2) is 4.98 Å². The quantitative estimate of drug-likeness (QED) is 0.655. The highest BCUT2D eigenvalue weighted by Crippen LogP contribution is 2.27. The van der Waals surface area contributed by atoms with E-state index >= 15 is 0 Å². The Balaban J connectivity index is 2.76. The average molecular weight is 222 g/mol. The predicted octanol–water partition coefficient (Wildman–Crippen LogP) is 4.32. The molecule has 0 radical (unpaired) electrons. The number of nitrogens with zero attached hydrogens (tertiary/aromatic N) is 2. The Bertz CT molecular complexity index is 310. The lowest BCUT2D eigenvalue weighted by atomic mass is 9.95. The van der Waals surface area contributed by atoms with Crippen molar-refractivity contribution in [1.82, 2.24) is 9.55 Å². The Hall–Kier alpha value is -0.790. The van der Waals surface area contributed by atoms with Gasteiger partial charge in [-0.05, 0) is 26.2 Å². The van der Waals surface area contributed by atoms with Crippen LogP contribution in [-0.4, -0.2) is 9.55 Å². The number of rotatable bonds is 6. The van der Waals surface area contributed by atoms with E-state index in [1.807, 2.05) is 12.5 Å². The molecule has 0 atom stereocenters. The zero-order valence-corrected chi connectivity index (χ0v) is 11.5. The lowest BCUT2D eigenvalue weighted by molar-refractivity contribution is 0.304. The van der Waals surface area contributed by atoms with Crippen LogP contribution in [0.3, 0.4) is 0 Å². The fourth-order valence-electron chi connectivity index (χ4n) is 2.17. The average Bonchev–Trinajstić information content (AvgIpc) is 2.66. The number of imidazole rings is 1. The molecule has 0 saturated heterocycles. The number of hydrogen-bond donors (Lipinski definition) is 0. The van der Waals surface area contributed by atoms with Crippen molar-refractivity contribution < 1.29 is 0 Å². The number of unbranched alkanes of at least 4 members (excludes halogenated alkanes) is 2. The third-order valence-corrected chi connectivity index (χ3v) is 3.30. The fraction of sp³-hybridized carbons (Fsp3) is 0.786. The van der Waals surface area contributed by atoms with Crippen molar-refractivity contribution in [2.75, 3.05) is 0 Å². The minimum absolute atomic E-state index is 0.200. The Labute approximate surface area is 100 Å². The van der Waals surface area contributed by atoms with E-state index in [1.165, 1.54) is 31.4 Å². The SMILES string of the molecule is CCCCCC(C)(C)n1cncc1C(C)C. The van der Waals surface area contributed by atoms with Crippen LogP contribution >= 0.6 is 0 Å². The molecule has 0 fully saturated rings.